The van der Waals surface area contributed by atoms with Gasteiger partial charge in [0, 0.05) is 10.5 Å². The van der Waals surface area contributed by atoms with Gasteiger partial charge in [0.15, 0.2) is 0 Å². The van der Waals surface area contributed by atoms with Crippen LogP contribution in [-0.4, -0.2) is 23.1 Å². The summed E-state index contributed by atoms with van der Waals surface area (Å²) in [5, 5.41) is 14.2. The molecule has 0 radical (unpaired) electrons. The fourth-order valence-corrected chi connectivity index (χ4v) is 2.72. The van der Waals surface area contributed by atoms with E-state index in [9.17, 15) is 14.0 Å². The van der Waals surface area contributed by atoms with Crippen molar-refractivity contribution in [3.63, 3.8) is 0 Å². The van der Waals surface area contributed by atoms with E-state index in [-0.39, 0.29) is 6.04 Å². The van der Waals surface area contributed by atoms with Crippen molar-refractivity contribution in [2.45, 2.75) is 25.3 Å². The molecule has 2 unspecified atom stereocenters. The van der Waals surface area contributed by atoms with E-state index in [1.54, 1.807) is 0 Å². The van der Waals surface area contributed by atoms with Crippen molar-refractivity contribution >= 4 is 33.6 Å². The molecule has 7 heteroatoms. The Bertz CT molecular complexity index is 538. The number of carbonyl (C=O) groups is 2. The molecule has 0 saturated heterocycles. The number of anilines is 1. The van der Waals surface area contributed by atoms with Crippen LogP contribution in [0.1, 0.15) is 19.3 Å². The topological polar surface area (TPSA) is 78.4 Å². The fourth-order valence-electron chi connectivity index (χ4n) is 2.27. The molecule has 0 spiro atoms. The first-order valence-electron chi connectivity index (χ1n) is 6.21. The van der Waals surface area contributed by atoms with Crippen molar-refractivity contribution in [3.8, 4) is 0 Å². The van der Waals surface area contributed by atoms with E-state index in [4.69, 9.17) is 5.11 Å². The summed E-state index contributed by atoms with van der Waals surface area (Å²) >= 11 is 3.16. The van der Waals surface area contributed by atoms with E-state index in [0.29, 0.717) is 29.4 Å². The number of rotatable bonds is 3. The highest BCUT2D eigenvalue weighted by molar-refractivity contribution is 9.10. The van der Waals surface area contributed by atoms with Crippen molar-refractivity contribution in [1.29, 1.82) is 0 Å². The van der Waals surface area contributed by atoms with Crippen molar-refractivity contribution < 1.29 is 19.1 Å². The van der Waals surface area contributed by atoms with Gasteiger partial charge in [-0.05, 0) is 53.4 Å². The van der Waals surface area contributed by atoms with Gasteiger partial charge in [-0.1, -0.05) is 0 Å². The molecule has 1 aromatic carbocycles. The second kappa shape index (κ2) is 6.21. The number of hydrogen-bond donors (Lipinski definition) is 3. The Morgan fingerprint density at radius 3 is 2.70 bits per heavy atom. The number of hydrogen-bond acceptors (Lipinski definition) is 2. The average molecular weight is 345 g/mol. The molecule has 1 aromatic rings. The average Bonchev–Trinajstić information content (AvgIpc) is 2.81. The molecule has 2 atom stereocenters. The zero-order valence-corrected chi connectivity index (χ0v) is 12.1. The van der Waals surface area contributed by atoms with Crippen LogP contribution in [0.15, 0.2) is 22.7 Å². The van der Waals surface area contributed by atoms with Gasteiger partial charge >= 0.3 is 12.0 Å². The normalized spacial score (nSPS) is 21.5. The predicted molar refractivity (Wildman–Crippen MR) is 75.0 cm³/mol. The minimum absolute atomic E-state index is 0.143. The number of urea groups is 1. The van der Waals surface area contributed by atoms with Crippen LogP contribution in [0.3, 0.4) is 0 Å². The number of nitrogens with one attached hydrogen (secondary N) is 2. The molecule has 0 bridgehead atoms. The van der Waals surface area contributed by atoms with E-state index in [0.717, 1.165) is 0 Å². The van der Waals surface area contributed by atoms with Crippen LogP contribution in [-0.2, 0) is 4.79 Å². The van der Waals surface area contributed by atoms with Gasteiger partial charge in [-0.3, -0.25) is 4.79 Å². The first-order valence-corrected chi connectivity index (χ1v) is 7.00. The van der Waals surface area contributed by atoms with Crippen LogP contribution in [0.2, 0.25) is 0 Å². The molecule has 2 amide bonds. The Morgan fingerprint density at radius 1 is 1.35 bits per heavy atom. The lowest BCUT2D eigenvalue weighted by molar-refractivity contribution is -0.141. The molecule has 108 valence electrons. The summed E-state index contributed by atoms with van der Waals surface area (Å²) in [6.07, 6.45) is 1.66. The summed E-state index contributed by atoms with van der Waals surface area (Å²) in [5.74, 6) is -1.61. The van der Waals surface area contributed by atoms with Gasteiger partial charge in [0.05, 0.1) is 11.6 Å². The van der Waals surface area contributed by atoms with Gasteiger partial charge < -0.3 is 15.7 Å². The van der Waals surface area contributed by atoms with Gasteiger partial charge in [-0.2, -0.15) is 0 Å². The van der Waals surface area contributed by atoms with Crippen LogP contribution in [0.4, 0.5) is 14.9 Å². The third-order valence-electron chi connectivity index (χ3n) is 3.30. The van der Waals surface area contributed by atoms with E-state index in [2.05, 4.69) is 26.6 Å². The van der Waals surface area contributed by atoms with Crippen molar-refractivity contribution in [1.82, 2.24) is 5.32 Å². The fraction of sp³-hybridized carbons (Fsp3) is 0.385. The van der Waals surface area contributed by atoms with Crippen LogP contribution in [0, 0.1) is 11.7 Å². The summed E-state index contributed by atoms with van der Waals surface area (Å²) in [5.41, 5.74) is 0.455. The lowest BCUT2D eigenvalue weighted by atomic mass is 10.1. The standard InChI is InChI=1S/C13H14BrFN2O3/c14-10-6-8(15)2-4-11(10)17-13(20)16-9-3-1-7(5-9)12(18)19/h2,4,6-7,9H,1,3,5H2,(H,18,19)(H2,16,17,20). The molecule has 3 N–H and O–H groups in total. The third kappa shape index (κ3) is 3.69. The molecule has 2 rings (SSSR count). The molecule has 1 fully saturated rings. The maximum Gasteiger partial charge on any atom is 0.319 e. The van der Waals surface area contributed by atoms with Gasteiger partial charge in [-0.15, -0.1) is 0 Å². The predicted octanol–water partition coefficient (Wildman–Crippen LogP) is 2.96. The molecule has 20 heavy (non-hydrogen) atoms. The Hall–Kier alpha value is -1.63. The number of carboxylic acid groups (broad SMARTS) is 1. The van der Waals surface area contributed by atoms with Crippen LogP contribution >= 0.6 is 15.9 Å². The first-order chi connectivity index (χ1) is 9.45. The zero-order valence-electron chi connectivity index (χ0n) is 10.5. The van der Waals surface area contributed by atoms with E-state index in [1.807, 2.05) is 0 Å². The van der Waals surface area contributed by atoms with Crippen molar-refractivity contribution in [2.24, 2.45) is 5.92 Å². The van der Waals surface area contributed by atoms with Crippen LogP contribution in [0.5, 0.6) is 0 Å². The molecular weight excluding hydrogens is 331 g/mol. The quantitative estimate of drug-likeness (QED) is 0.788. The highest BCUT2D eigenvalue weighted by atomic mass is 79.9. The summed E-state index contributed by atoms with van der Waals surface area (Å²) in [6.45, 7) is 0. The molecule has 0 aliphatic heterocycles. The summed E-state index contributed by atoms with van der Waals surface area (Å²) in [7, 11) is 0. The second-order valence-electron chi connectivity index (χ2n) is 4.77. The number of benzene rings is 1. The van der Waals surface area contributed by atoms with E-state index < -0.39 is 23.7 Å². The van der Waals surface area contributed by atoms with Gasteiger partial charge in [0.1, 0.15) is 5.82 Å². The van der Waals surface area contributed by atoms with Crippen molar-refractivity contribution in [2.75, 3.05) is 5.32 Å². The number of amides is 2. The largest absolute Gasteiger partial charge is 0.481 e. The minimum atomic E-state index is -0.823. The molecular formula is C13H14BrFN2O3. The van der Waals surface area contributed by atoms with Crippen LogP contribution in [0.25, 0.3) is 0 Å². The maximum atomic E-state index is 12.9. The second-order valence-corrected chi connectivity index (χ2v) is 5.62. The number of carbonyl (C=O) groups excluding carboxylic acids is 1. The summed E-state index contributed by atoms with van der Waals surface area (Å²) in [6, 6.07) is 3.39. The summed E-state index contributed by atoms with van der Waals surface area (Å²) < 4.78 is 13.4. The molecule has 1 aliphatic carbocycles. The number of halogens is 2. The number of carboxylic acids is 1. The summed E-state index contributed by atoms with van der Waals surface area (Å²) in [4.78, 5) is 22.6. The minimum Gasteiger partial charge on any atom is -0.481 e. The smallest absolute Gasteiger partial charge is 0.319 e. The molecule has 1 aliphatic rings. The van der Waals surface area contributed by atoms with E-state index >= 15 is 0 Å². The Morgan fingerprint density at radius 2 is 2.10 bits per heavy atom. The third-order valence-corrected chi connectivity index (χ3v) is 3.95. The Labute approximate surface area is 123 Å². The highest BCUT2D eigenvalue weighted by Gasteiger charge is 2.30. The lowest BCUT2D eigenvalue weighted by Gasteiger charge is -2.14. The number of aliphatic carboxylic acids is 1. The molecule has 0 aromatic heterocycles. The Balaban J connectivity index is 1.88. The van der Waals surface area contributed by atoms with Gasteiger partial charge in [0.2, 0.25) is 0 Å². The van der Waals surface area contributed by atoms with Gasteiger partial charge in [0.25, 0.3) is 0 Å². The molecule has 5 nitrogen and oxygen atoms in total. The first kappa shape index (κ1) is 14.8. The Kier molecular flexibility index (Phi) is 4.59. The highest BCUT2D eigenvalue weighted by Crippen LogP contribution is 2.26. The maximum absolute atomic E-state index is 12.9. The monoisotopic (exact) mass is 344 g/mol. The van der Waals surface area contributed by atoms with Gasteiger partial charge in [-0.25, -0.2) is 9.18 Å². The van der Waals surface area contributed by atoms with Crippen molar-refractivity contribution in [3.05, 3.63) is 28.5 Å². The molecule has 1 saturated carbocycles. The SMILES string of the molecule is O=C(Nc1ccc(F)cc1Br)NC1CCC(C(=O)O)C1. The lowest BCUT2D eigenvalue weighted by Crippen LogP contribution is -2.36. The zero-order chi connectivity index (χ0) is 14.7. The molecule has 0 heterocycles. The van der Waals surface area contributed by atoms with E-state index in [1.165, 1.54) is 18.2 Å². The van der Waals surface area contributed by atoms with Crippen LogP contribution < -0.4 is 10.6 Å².